The number of ketones is 1. The molecule has 7 nitrogen and oxygen atoms in total. The van der Waals surface area contributed by atoms with E-state index in [-0.39, 0.29) is 23.3 Å². The minimum Gasteiger partial charge on any atom is -0.336 e. The van der Waals surface area contributed by atoms with Crippen molar-refractivity contribution >= 4 is 11.8 Å². The normalized spacial score (nSPS) is 22.9. The number of urea groups is 1. The molecule has 1 atom stereocenters. The molecule has 2 saturated heterocycles. The van der Waals surface area contributed by atoms with Crippen molar-refractivity contribution < 1.29 is 9.59 Å². The lowest BCUT2D eigenvalue weighted by Crippen LogP contribution is -2.59. The second-order valence-electron chi connectivity index (χ2n) is 8.45. The van der Waals surface area contributed by atoms with Crippen LogP contribution in [-0.2, 0) is 0 Å². The summed E-state index contributed by atoms with van der Waals surface area (Å²) in [6.45, 7) is 3.90. The van der Waals surface area contributed by atoms with E-state index in [4.69, 9.17) is 0 Å². The fourth-order valence-electron chi connectivity index (χ4n) is 4.26. The number of nitrogens with one attached hydrogen (secondary N) is 1. The van der Waals surface area contributed by atoms with Crippen molar-refractivity contribution in [2.45, 2.75) is 31.2 Å². The summed E-state index contributed by atoms with van der Waals surface area (Å²) in [5.41, 5.74) is 0.494. The fourth-order valence-corrected chi connectivity index (χ4v) is 4.26. The van der Waals surface area contributed by atoms with Gasteiger partial charge < -0.3 is 20.0 Å². The largest absolute Gasteiger partial charge is 0.336 e. The van der Waals surface area contributed by atoms with E-state index in [1.54, 1.807) is 23.2 Å². The van der Waals surface area contributed by atoms with Crippen LogP contribution in [0.5, 0.6) is 0 Å². The molecular weight excluding hydrogens is 354 g/mol. The molecule has 7 heteroatoms. The number of Topliss-reactive ketones (excluding diaryl/α,β-unsaturated/α-hetero) is 1. The first-order valence-corrected chi connectivity index (χ1v) is 10.3. The van der Waals surface area contributed by atoms with E-state index in [0.717, 1.165) is 38.8 Å². The van der Waals surface area contributed by atoms with Crippen LogP contribution >= 0.6 is 0 Å². The van der Waals surface area contributed by atoms with Crippen molar-refractivity contribution in [3.8, 4) is 0 Å². The van der Waals surface area contributed by atoms with Crippen LogP contribution in [0, 0.1) is 5.92 Å². The maximum atomic E-state index is 12.8. The molecular formula is C21H33N5O2. The first-order valence-electron chi connectivity index (χ1n) is 10.3. The zero-order valence-electron chi connectivity index (χ0n) is 17.4. The molecule has 2 aliphatic heterocycles. The number of nitrogens with zero attached hydrogens (tertiary/aromatic N) is 4. The molecule has 0 aliphatic carbocycles. The van der Waals surface area contributed by atoms with Crippen molar-refractivity contribution in [2.24, 2.45) is 5.92 Å². The van der Waals surface area contributed by atoms with Gasteiger partial charge in [0.2, 0.25) is 0 Å². The van der Waals surface area contributed by atoms with Gasteiger partial charge in [0.25, 0.3) is 0 Å². The number of rotatable bonds is 5. The predicted molar refractivity (Wildman–Crippen MR) is 109 cm³/mol. The minimum absolute atomic E-state index is 0.00113. The van der Waals surface area contributed by atoms with Crippen molar-refractivity contribution in [1.29, 1.82) is 0 Å². The third-order valence-electron chi connectivity index (χ3n) is 6.43. The molecule has 0 bridgehead atoms. The van der Waals surface area contributed by atoms with Gasteiger partial charge in [0, 0.05) is 37.3 Å². The minimum atomic E-state index is -0.166. The third-order valence-corrected chi connectivity index (χ3v) is 6.43. The smallest absolute Gasteiger partial charge is 0.317 e. The lowest BCUT2D eigenvalue weighted by Gasteiger charge is -2.46. The Balaban J connectivity index is 1.57. The van der Waals surface area contributed by atoms with Gasteiger partial charge in [-0.3, -0.25) is 9.78 Å². The van der Waals surface area contributed by atoms with E-state index in [9.17, 15) is 9.59 Å². The van der Waals surface area contributed by atoms with E-state index in [0.29, 0.717) is 25.3 Å². The maximum Gasteiger partial charge on any atom is 0.317 e. The summed E-state index contributed by atoms with van der Waals surface area (Å²) >= 11 is 0. The van der Waals surface area contributed by atoms with E-state index < -0.39 is 0 Å². The standard InChI is InChI=1S/C21H33N5O2/c1-24(2)21(9-13-25(3)14-10-21)16-23-20(28)26-12-6-7-17(15-26)19(27)18-8-4-5-11-22-18/h4-5,8,11,17H,6-7,9-10,12-16H2,1-3H3,(H,23,28)/t17-/m1/s1. The Labute approximate surface area is 168 Å². The van der Waals surface area contributed by atoms with Crippen molar-refractivity contribution in [2.75, 3.05) is 53.9 Å². The average molecular weight is 388 g/mol. The molecule has 0 saturated carbocycles. The van der Waals surface area contributed by atoms with Gasteiger partial charge in [-0.25, -0.2) is 4.79 Å². The highest BCUT2D eigenvalue weighted by atomic mass is 16.2. The van der Waals surface area contributed by atoms with Gasteiger partial charge in [0.15, 0.2) is 5.78 Å². The van der Waals surface area contributed by atoms with Crippen molar-refractivity contribution in [3.05, 3.63) is 30.1 Å². The van der Waals surface area contributed by atoms with Crippen LogP contribution in [0.15, 0.2) is 24.4 Å². The number of likely N-dealkylation sites (tertiary alicyclic amines) is 2. The zero-order valence-corrected chi connectivity index (χ0v) is 17.4. The Morgan fingerprint density at radius 1 is 1.25 bits per heavy atom. The maximum absolute atomic E-state index is 12.8. The van der Waals surface area contributed by atoms with E-state index in [1.165, 1.54) is 0 Å². The molecule has 0 radical (unpaired) electrons. The highest BCUT2D eigenvalue weighted by molar-refractivity contribution is 5.96. The highest BCUT2D eigenvalue weighted by Gasteiger charge is 2.37. The molecule has 0 spiro atoms. The Hall–Kier alpha value is -1.99. The fraction of sp³-hybridized carbons (Fsp3) is 0.667. The average Bonchev–Trinajstić information content (AvgIpc) is 2.73. The number of hydrogen-bond donors (Lipinski definition) is 1. The lowest BCUT2D eigenvalue weighted by molar-refractivity contribution is 0.0648. The molecule has 2 fully saturated rings. The number of piperidine rings is 2. The Kier molecular flexibility index (Phi) is 6.67. The molecule has 0 unspecified atom stereocenters. The third kappa shape index (κ3) is 4.70. The highest BCUT2D eigenvalue weighted by Crippen LogP contribution is 2.26. The predicted octanol–water partition coefficient (Wildman–Crippen LogP) is 1.71. The van der Waals surface area contributed by atoms with Crippen LogP contribution in [0.25, 0.3) is 0 Å². The van der Waals surface area contributed by atoms with Crippen LogP contribution < -0.4 is 5.32 Å². The summed E-state index contributed by atoms with van der Waals surface area (Å²) in [4.78, 5) is 36.1. The summed E-state index contributed by atoms with van der Waals surface area (Å²) < 4.78 is 0. The van der Waals surface area contributed by atoms with Crippen LogP contribution in [0.3, 0.4) is 0 Å². The second kappa shape index (κ2) is 9.01. The van der Waals surface area contributed by atoms with Gasteiger partial charge in [-0.05, 0) is 72.0 Å². The number of carbonyl (C=O) groups excluding carboxylic acids is 2. The van der Waals surface area contributed by atoms with E-state index in [2.05, 4.69) is 41.2 Å². The molecule has 1 N–H and O–H groups in total. The first-order chi connectivity index (χ1) is 13.4. The van der Waals surface area contributed by atoms with Crippen LogP contribution in [0.2, 0.25) is 0 Å². The molecule has 28 heavy (non-hydrogen) atoms. The van der Waals surface area contributed by atoms with Crippen molar-refractivity contribution in [1.82, 2.24) is 25.0 Å². The SMILES string of the molecule is CN1CCC(CNC(=O)N2CCC[C@@H](C(=O)c3ccccn3)C2)(N(C)C)CC1. The number of aromatic nitrogens is 1. The second-order valence-corrected chi connectivity index (χ2v) is 8.45. The lowest BCUT2D eigenvalue weighted by atomic mass is 9.86. The van der Waals surface area contributed by atoms with E-state index in [1.807, 2.05) is 6.07 Å². The van der Waals surface area contributed by atoms with Gasteiger partial charge in [0.1, 0.15) is 5.69 Å². The molecule has 0 aromatic carbocycles. The number of hydrogen-bond acceptors (Lipinski definition) is 5. The summed E-state index contributed by atoms with van der Waals surface area (Å²) in [6.07, 6.45) is 5.38. The van der Waals surface area contributed by atoms with Crippen LogP contribution in [0.1, 0.15) is 36.2 Å². The van der Waals surface area contributed by atoms with Gasteiger partial charge in [-0.1, -0.05) is 6.07 Å². The molecule has 3 rings (SSSR count). The molecule has 3 heterocycles. The Bertz CT molecular complexity index is 671. The quantitative estimate of drug-likeness (QED) is 0.779. The van der Waals surface area contributed by atoms with Gasteiger partial charge in [0.05, 0.1) is 0 Å². The van der Waals surface area contributed by atoms with Gasteiger partial charge in [-0.2, -0.15) is 0 Å². The van der Waals surface area contributed by atoms with Gasteiger partial charge >= 0.3 is 6.03 Å². The Morgan fingerprint density at radius 2 is 2.00 bits per heavy atom. The van der Waals surface area contributed by atoms with Crippen LogP contribution in [-0.4, -0.2) is 90.9 Å². The summed E-state index contributed by atoms with van der Waals surface area (Å²) in [7, 11) is 6.34. The summed E-state index contributed by atoms with van der Waals surface area (Å²) in [6, 6.07) is 5.33. The zero-order chi connectivity index (χ0) is 20.1. The number of likely N-dealkylation sites (N-methyl/N-ethyl adjacent to an activating group) is 1. The Morgan fingerprint density at radius 3 is 2.64 bits per heavy atom. The molecule has 2 aliphatic rings. The summed E-state index contributed by atoms with van der Waals surface area (Å²) in [5.74, 6) is -0.126. The van der Waals surface area contributed by atoms with Crippen molar-refractivity contribution in [3.63, 3.8) is 0 Å². The molecule has 2 amide bonds. The topological polar surface area (TPSA) is 68.8 Å². The summed E-state index contributed by atoms with van der Waals surface area (Å²) in [5, 5.41) is 3.16. The van der Waals surface area contributed by atoms with Gasteiger partial charge in [-0.15, -0.1) is 0 Å². The van der Waals surface area contributed by atoms with E-state index >= 15 is 0 Å². The first kappa shape index (κ1) is 20.7. The number of amides is 2. The molecule has 1 aromatic rings. The monoisotopic (exact) mass is 387 g/mol. The number of carbonyl (C=O) groups is 2. The number of pyridine rings is 1. The molecule has 154 valence electrons. The molecule has 1 aromatic heterocycles. The van der Waals surface area contributed by atoms with Crippen LogP contribution in [0.4, 0.5) is 4.79 Å².